The van der Waals surface area contributed by atoms with Crippen LogP contribution in [0.4, 0.5) is 13.2 Å². The molecule has 2 aromatic carbocycles. The lowest BCUT2D eigenvalue weighted by Crippen LogP contribution is -2.24. The highest BCUT2D eigenvalue weighted by molar-refractivity contribution is 5.73. The second-order valence-corrected chi connectivity index (χ2v) is 10.6. The molecule has 0 radical (unpaired) electrons. The Balaban J connectivity index is 1.24. The van der Waals surface area contributed by atoms with E-state index in [2.05, 4.69) is 27.1 Å². The Kier molecular flexibility index (Phi) is 6.59. The van der Waals surface area contributed by atoms with Gasteiger partial charge in [0.25, 0.3) is 0 Å². The SMILES string of the molecule is CC(C)(CC1CC1c1ccc(-c2ccc(-c3ncc(Cc4ccccc4C(F)(F)F)[nH]3)cn2)cc1)C(=O)O. The Morgan fingerprint density at radius 2 is 1.68 bits per heavy atom. The number of aromatic nitrogens is 3. The number of benzene rings is 2. The van der Waals surface area contributed by atoms with Crippen molar-refractivity contribution in [2.75, 3.05) is 0 Å². The van der Waals surface area contributed by atoms with Crippen LogP contribution < -0.4 is 0 Å². The predicted octanol–water partition coefficient (Wildman–Crippen LogP) is 7.35. The van der Waals surface area contributed by atoms with Gasteiger partial charge in [0.1, 0.15) is 5.82 Å². The number of nitrogens with zero attached hydrogens (tertiary/aromatic N) is 2. The minimum Gasteiger partial charge on any atom is -0.481 e. The lowest BCUT2D eigenvalue weighted by molar-refractivity contribution is -0.147. The van der Waals surface area contributed by atoms with Gasteiger partial charge in [-0.1, -0.05) is 42.5 Å². The first kappa shape index (κ1) is 25.7. The summed E-state index contributed by atoms with van der Waals surface area (Å²) in [6.07, 6.45) is 0.612. The van der Waals surface area contributed by atoms with E-state index in [1.165, 1.54) is 17.7 Å². The number of imidazole rings is 1. The topological polar surface area (TPSA) is 78.9 Å². The smallest absolute Gasteiger partial charge is 0.416 e. The fourth-order valence-electron chi connectivity index (χ4n) is 4.98. The first-order valence-electron chi connectivity index (χ1n) is 12.5. The Hall–Kier alpha value is -3.94. The molecule has 2 heterocycles. The maximum atomic E-state index is 13.3. The molecule has 0 amide bonds. The number of alkyl halides is 3. The summed E-state index contributed by atoms with van der Waals surface area (Å²) < 4.78 is 39.9. The molecule has 2 aromatic heterocycles. The molecule has 4 aromatic rings. The monoisotopic (exact) mass is 519 g/mol. The fraction of sp³-hybridized carbons (Fsp3) is 0.300. The number of pyridine rings is 1. The molecule has 2 unspecified atom stereocenters. The van der Waals surface area contributed by atoms with E-state index in [0.29, 0.717) is 29.8 Å². The number of aliphatic carboxylic acids is 1. The molecular formula is C30H28F3N3O2. The Labute approximate surface area is 218 Å². The molecule has 0 spiro atoms. The van der Waals surface area contributed by atoms with E-state index in [9.17, 15) is 23.1 Å². The van der Waals surface area contributed by atoms with Crippen molar-refractivity contribution in [2.24, 2.45) is 11.3 Å². The second kappa shape index (κ2) is 9.74. The fourth-order valence-corrected chi connectivity index (χ4v) is 4.98. The average molecular weight is 520 g/mol. The van der Waals surface area contributed by atoms with E-state index in [4.69, 9.17) is 0 Å². The Bertz CT molecular complexity index is 1440. The summed E-state index contributed by atoms with van der Waals surface area (Å²) in [5.74, 6) is 0.576. The molecule has 2 atom stereocenters. The van der Waals surface area contributed by atoms with Gasteiger partial charge < -0.3 is 10.1 Å². The van der Waals surface area contributed by atoms with Crippen LogP contribution in [-0.4, -0.2) is 26.0 Å². The van der Waals surface area contributed by atoms with Gasteiger partial charge >= 0.3 is 12.1 Å². The number of carboxylic acids is 1. The zero-order valence-electron chi connectivity index (χ0n) is 21.1. The van der Waals surface area contributed by atoms with Gasteiger partial charge in [-0.2, -0.15) is 13.2 Å². The third-order valence-corrected chi connectivity index (χ3v) is 7.28. The van der Waals surface area contributed by atoms with Crippen LogP contribution in [0.25, 0.3) is 22.6 Å². The largest absolute Gasteiger partial charge is 0.481 e. The Morgan fingerprint density at radius 1 is 0.974 bits per heavy atom. The van der Waals surface area contributed by atoms with Crippen LogP contribution in [0.2, 0.25) is 0 Å². The molecule has 2 N–H and O–H groups in total. The van der Waals surface area contributed by atoms with Gasteiger partial charge in [-0.25, -0.2) is 4.98 Å². The van der Waals surface area contributed by atoms with Crippen molar-refractivity contribution in [3.8, 4) is 22.6 Å². The lowest BCUT2D eigenvalue weighted by Gasteiger charge is -2.18. The zero-order valence-corrected chi connectivity index (χ0v) is 21.1. The summed E-state index contributed by atoms with van der Waals surface area (Å²) in [6, 6.07) is 17.5. The number of hydrogen-bond acceptors (Lipinski definition) is 3. The maximum Gasteiger partial charge on any atom is 0.416 e. The van der Waals surface area contributed by atoms with Gasteiger partial charge in [0.2, 0.25) is 0 Å². The van der Waals surface area contributed by atoms with Crippen LogP contribution in [0, 0.1) is 11.3 Å². The quantitative estimate of drug-likeness (QED) is 0.255. The predicted molar refractivity (Wildman–Crippen MR) is 138 cm³/mol. The first-order chi connectivity index (χ1) is 18.0. The summed E-state index contributed by atoms with van der Waals surface area (Å²) in [5.41, 5.74) is 3.13. The van der Waals surface area contributed by atoms with Crippen molar-refractivity contribution in [3.63, 3.8) is 0 Å². The van der Waals surface area contributed by atoms with Gasteiger partial charge in [0.15, 0.2) is 0 Å². The molecule has 8 heteroatoms. The number of aromatic amines is 1. The number of halogens is 3. The lowest BCUT2D eigenvalue weighted by atomic mass is 9.86. The maximum absolute atomic E-state index is 13.3. The van der Waals surface area contributed by atoms with E-state index in [1.807, 2.05) is 24.3 Å². The van der Waals surface area contributed by atoms with Crippen LogP contribution in [0.5, 0.6) is 0 Å². The minimum atomic E-state index is -4.41. The average Bonchev–Trinajstić information content (AvgIpc) is 3.47. The van der Waals surface area contributed by atoms with Crippen molar-refractivity contribution in [2.45, 2.75) is 45.2 Å². The van der Waals surface area contributed by atoms with Crippen LogP contribution in [0.1, 0.15) is 55.0 Å². The van der Waals surface area contributed by atoms with Crippen LogP contribution in [0.3, 0.4) is 0 Å². The van der Waals surface area contributed by atoms with Gasteiger partial charge in [-0.3, -0.25) is 9.78 Å². The first-order valence-corrected chi connectivity index (χ1v) is 12.5. The summed E-state index contributed by atoms with van der Waals surface area (Å²) in [7, 11) is 0. The van der Waals surface area contributed by atoms with Crippen molar-refractivity contribution >= 4 is 5.97 Å². The van der Waals surface area contributed by atoms with Gasteiger partial charge in [-0.15, -0.1) is 0 Å². The molecule has 1 aliphatic carbocycles. The molecule has 5 rings (SSSR count). The molecule has 196 valence electrons. The van der Waals surface area contributed by atoms with Crippen LogP contribution >= 0.6 is 0 Å². The number of H-pyrrole nitrogens is 1. The van der Waals surface area contributed by atoms with Gasteiger partial charge in [0.05, 0.1) is 16.7 Å². The second-order valence-electron chi connectivity index (χ2n) is 10.6. The Morgan fingerprint density at radius 3 is 2.34 bits per heavy atom. The molecule has 1 aliphatic rings. The van der Waals surface area contributed by atoms with Gasteiger partial charge in [0, 0.05) is 35.6 Å². The van der Waals surface area contributed by atoms with E-state index < -0.39 is 23.1 Å². The van der Waals surface area contributed by atoms with Crippen molar-refractivity contribution in [1.82, 2.24) is 15.0 Å². The molecule has 0 saturated heterocycles. The number of hydrogen-bond donors (Lipinski definition) is 2. The van der Waals surface area contributed by atoms with Crippen molar-refractivity contribution in [3.05, 3.63) is 95.4 Å². The standard InChI is InChI=1S/C30H28F3N3O2/c1-29(2,28(37)38)15-22-14-24(22)18-7-9-19(10-8-18)26-12-11-21(16-34-26)27-35-17-23(36-27)13-20-5-3-4-6-25(20)30(31,32)33/h3-12,16-17,22,24H,13-15H2,1-2H3,(H,35,36)(H,37,38). The summed E-state index contributed by atoms with van der Waals surface area (Å²) >= 11 is 0. The third kappa shape index (κ3) is 5.49. The molecule has 1 fully saturated rings. The highest BCUT2D eigenvalue weighted by atomic mass is 19.4. The molecule has 5 nitrogen and oxygen atoms in total. The highest BCUT2D eigenvalue weighted by Gasteiger charge is 2.43. The van der Waals surface area contributed by atoms with Crippen LogP contribution in [0.15, 0.2) is 73.1 Å². The molecule has 0 aliphatic heterocycles. The molecule has 38 heavy (non-hydrogen) atoms. The highest BCUT2D eigenvalue weighted by Crippen LogP contribution is 2.53. The van der Waals surface area contributed by atoms with E-state index in [0.717, 1.165) is 29.3 Å². The minimum absolute atomic E-state index is 0.0935. The summed E-state index contributed by atoms with van der Waals surface area (Å²) in [6.45, 7) is 3.55. The van der Waals surface area contributed by atoms with E-state index in [1.54, 1.807) is 32.3 Å². The van der Waals surface area contributed by atoms with Gasteiger partial charge in [-0.05, 0) is 67.9 Å². The normalized spacial score (nSPS) is 17.4. The molecular weight excluding hydrogens is 491 g/mol. The third-order valence-electron chi connectivity index (χ3n) is 7.28. The van der Waals surface area contributed by atoms with E-state index >= 15 is 0 Å². The molecule has 0 bridgehead atoms. The number of nitrogens with one attached hydrogen (secondary N) is 1. The summed E-state index contributed by atoms with van der Waals surface area (Å²) in [5, 5.41) is 9.38. The number of carboxylic acid groups (broad SMARTS) is 1. The van der Waals surface area contributed by atoms with Crippen molar-refractivity contribution in [1.29, 1.82) is 0 Å². The van der Waals surface area contributed by atoms with E-state index in [-0.39, 0.29) is 12.0 Å². The zero-order chi connectivity index (χ0) is 27.1. The summed E-state index contributed by atoms with van der Waals surface area (Å²) in [4.78, 5) is 23.4. The number of carbonyl (C=O) groups is 1. The number of rotatable bonds is 8. The molecule has 1 saturated carbocycles. The van der Waals surface area contributed by atoms with Crippen molar-refractivity contribution < 1.29 is 23.1 Å². The van der Waals surface area contributed by atoms with Crippen LogP contribution in [-0.2, 0) is 17.4 Å².